The van der Waals surface area contributed by atoms with Gasteiger partial charge in [0.05, 0.1) is 0 Å². The van der Waals surface area contributed by atoms with Gasteiger partial charge in [-0.1, -0.05) is 6.07 Å². The molecule has 0 atom stereocenters. The summed E-state index contributed by atoms with van der Waals surface area (Å²) < 4.78 is 40.7. The van der Waals surface area contributed by atoms with Crippen molar-refractivity contribution in [1.82, 2.24) is 4.31 Å². The lowest BCUT2D eigenvalue weighted by Crippen LogP contribution is -2.38. The predicted molar refractivity (Wildman–Crippen MR) is 77.7 cm³/mol. The molecule has 112 valence electrons. The minimum Gasteiger partial charge on any atom is -0.207 e. The molecule has 0 aromatic heterocycles. The molecule has 1 fully saturated rings. The maximum absolute atomic E-state index is 14.0. The Kier molecular flexibility index (Phi) is 4.72. The van der Waals surface area contributed by atoms with Crippen LogP contribution in [0.4, 0.5) is 4.39 Å². The smallest absolute Gasteiger partial charge is 0.207 e. The third-order valence-corrected chi connectivity index (χ3v) is 5.83. The van der Waals surface area contributed by atoms with Crippen molar-refractivity contribution in [2.24, 2.45) is 5.92 Å². The maximum atomic E-state index is 14.0. The third-order valence-electron chi connectivity index (χ3n) is 3.45. The number of benzene rings is 1. The zero-order valence-corrected chi connectivity index (χ0v) is 13.2. The molecule has 20 heavy (non-hydrogen) atoms. The molecule has 0 radical (unpaired) electrons. The first-order valence-electron chi connectivity index (χ1n) is 6.72. The van der Waals surface area contributed by atoms with E-state index in [-0.39, 0.29) is 16.8 Å². The van der Waals surface area contributed by atoms with E-state index in [9.17, 15) is 12.8 Å². The maximum Gasteiger partial charge on any atom is 0.246 e. The number of rotatable bonds is 6. The Balaban J connectivity index is 2.36. The first-order valence-corrected chi connectivity index (χ1v) is 8.70. The summed E-state index contributed by atoms with van der Waals surface area (Å²) in [6.07, 6.45) is 2.10. The van der Waals surface area contributed by atoms with Crippen LogP contribution >= 0.6 is 11.6 Å². The highest BCUT2D eigenvalue weighted by molar-refractivity contribution is 7.89. The van der Waals surface area contributed by atoms with E-state index in [4.69, 9.17) is 11.6 Å². The molecule has 0 aliphatic heterocycles. The van der Waals surface area contributed by atoms with Gasteiger partial charge >= 0.3 is 0 Å². The monoisotopic (exact) mass is 319 g/mol. The summed E-state index contributed by atoms with van der Waals surface area (Å²) in [7, 11) is -3.80. The fourth-order valence-electron chi connectivity index (χ4n) is 2.10. The van der Waals surface area contributed by atoms with Crippen LogP contribution in [0.25, 0.3) is 0 Å². The van der Waals surface area contributed by atoms with E-state index in [1.165, 1.54) is 16.4 Å². The highest BCUT2D eigenvalue weighted by Crippen LogP contribution is 2.33. The average molecular weight is 320 g/mol. The molecule has 0 spiro atoms. The van der Waals surface area contributed by atoms with Crippen molar-refractivity contribution in [3.05, 3.63) is 29.6 Å². The fraction of sp³-hybridized carbons (Fsp3) is 0.571. The molecule has 0 heterocycles. The summed E-state index contributed by atoms with van der Waals surface area (Å²) in [5.74, 6) is -0.158. The van der Waals surface area contributed by atoms with Crippen molar-refractivity contribution in [3.63, 3.8) is 0 Å². The van der Waals surface area contributed by atoms with Gasteiger partial charge in [-0.2, -0.15) is 4.31 Å². The zero-order valence-electron chi connectivity index (χ0n) is 11.6. The predicted octanol–water partition coefficient (Wildman–Crippen LogP) is 3.37. The SMILES string of the molecule is CC(C)N(CC1CC1)S(=O)(=O)c1ccc(CCl)cc1F. The van der Waals surface area contributed by atoms with Crippen LogP contribution in [0.3, 0.4) is 0 Å². The molecule has 1 aliphatic carbocycles. The van der Waals surface area contributed by atoms with Gasteiger partial charge in [-0.3, -0.25) is 0 Å². The van der Waals surface area contributed by atoms with Crippen LogP contribution in [0.1, 0.15) is 32.3 Å². The van der Waals surface area contributed by atoms with Gasteiger partial charge in [0, 0.05) is 18.5 Å². The van der Waals surface area contributed by atoms with Gasteiger partial charge in [-0.15, -0.1) is 11.6 Å². The summed E-state index contributed by atoms with van der Waals surface area (Å²) in [5, 5.41) is 0. The Morgan fingerprint density at radius 2 is 2.05 bits per heavy atom. The molecule has 6 heteroatoms. The van der Waals surface area contributed by atoms with Crippen LogP contribution in [0.5, 0.6) is 0 Å². The van der Waals surface area contributed by atoms with E-state index < -0.39 is 15.8 Å². The van der Waals surface area contributed by atoms with Crippen LogP contribution in [0.15, 0.2) is 23.1 Å². The quantitative estimate of drug-likeness (QED) is 0.754. The Hall–Kier alpha value is -0.650. The van der Waals surface area contributed by atoms with E-state index >= 15 is 0 Å². The van der Waals surface area contributed by atoms with E-state index in [2.05, 4.69) is 0 Å². The molecule has 1 saturated carbocycles. The van der Waals surface area contributed by atoms with Crippen molar-refractivity contribution in [3.8, 4) is 0 Å². The third kappa shape index (κ3) is 3.32. The summed E-state index contributed by atoms with van der Waals surface area (Å²) in [5.41, 5.74) is 0.571. The molecule has 0 saturated heterocycles. The molecule has 3 nitrogen and oxygen atoms in total. The second-order valence-corrected chi connectivity index (χ2v) is 7.64. The van der Waals surface area contributed by atoms with E-state index in [0.29, 0.717) is 18.0 Å². The average Bonchev–Trinajstić information content (AvgIpc) is 3.18. The van der Waals surface area contributed by atoms with Gasteiger partial charge in [-0.05, 0) is 50.3 Å². The largest absolute Gasteiger partial charge is 0.246 e. The van der Waals surface area contributed by atoms with E-state index in [0.717, 1.165) is 12.8 Å². The minimum absolute atomic E-state index is 0.160. The molecule has 0 N–H and O–H groups in total. The Bertz CT molecular complexity index is 585. The van der Waals surface area contributed by atoms with Gasteiger partial charge in [0.1, 0.15) is 10.7 Å². The molecule has 1 aliphatic rings. The molecular weight excluding hydrogens is 301 g/mol. The fourth-order valence-corrected chi connectivity index (χ4v) is 4.03. The van der Waals surface area contributed by atoms with Crippen LogP contribution < -0.4 is 0 Å². The Morgan fingerprint density at radius 3 is 2.50 bits per heavy atom. The van der Waals surface area contributed by atoms with Gasteiger partial charge < -0.3 is 0 Å². The normalized spacial score (nSPS) is 16.1. The molecule has 0 unspecified atom stereocenters. The van der Waals surface area contributed by atoms with Crippen LogP contribution in [0, 0.1) is 11.7 Å². The number of hydrogen-bond acceptors (Lipinski definition) is 2. The lowest BCUT2D eigenvalue weighted by atomic mass is 10.2. The molecule has 2 rings (SSSR count). The molecular formula is C14H19ClFNO2S. The van der Waals surface area contributed by atoms with Gasteiger partial charge in [0.25, 0.3) is 0 Å². The zero-order chi connectivity index (χ0) is 14.9. The standard InChI is InChI=1S/C14H19ClFNO2S/c1-10(2)17(9-11-3-4-11)20(18,19)14-6-5-12(8-15)7-13(14)16/h5-7,10-11H,3-4,8-9H2,1-2H3. The number of sulfonamides is 1. The van der Waals surface area contributed by atoms with Crippen LogP contribution in [-0.4, -0.2) is 25.3 Å². The second kappa shape index (κ2) is 6.00. The Morgan fingerprint density at radius 1 is 1.40 bits per heavy atom. The molecule has 0 amide bonds. The Labute approximate surface area is 124 Å². The first kappa shape index (κ1) is 15.7. The van der Waals surface area contributed by atoms with Gasteiger partial charge in [0.2, 0.25) is 10.0 Å². The molecule has 1 aromatic carbocycles. The summed E-state index contributed by atoms with van der Waals surface area (Å²) >= 11 is 5.63. The van der Waals surface area contributed by atoms with Gasteiger partial charge in [0.15, 0.2) is 0 Å². The van der Waals surface area contributed by atoms with Crippen LogP contribution in [0.2, 0.25) is 0 Å². The highest BCUT2D eigenvalue weighted by atomic mass is 35.5. The lowest BCUT2D eigenvalue weighted by molar-refractivity contribution is 0.340. The summed E-state index contributed by atoms with van der Waals surface area (Å²) in [6.45, 7) is 4.09. The topological polar surface area (TPSA) is 37.4 Å². The minimum atomic E-state index is -3.80. The van der Waals surface area contributed by atoms with Crippen molar-refractivity contribution in [1.29, 1.82) is 0 Å². The van der Waals surface area contributed by atoms with Gasteiger partial charge in [-0.25, -0.2) is 12.8 Å². The summed E-state index contributed by atoms with van der Waals surface area (Å²) in [6, 6.07) is 3.87. The highest BCUT2D eigenvalue weighted by Gasteiger charge is 2.34. The molecule has 1 aromatic rings. The van der Waals surface area contributed by atoms with Crippen molar-refractivity contribution < 1.29 is 12.8 Å². The van der Waals surface area contributed by atoms with E-state index in [1.54, 1.807) is 6.07 Å². The van der Waals surface area contributed by atoms with Crippen molar-refractivity contribution >= 4 is 21.6 Å². The lowest BCUT2D eigenvalue weighted by Gasteiger charge is -2.26. The molecule has 0 bridgehead atoms. The number of hydrogen-bond donors (Lipinski definition) is 0. The van der Waals surface area contributed by atoms with Crippen molar-refractivity contribution in [2.45, 2.75) is 43.5 Å². The number of nitrogens with zero attached hydrogens (tertiary/aromatic N) is 1. The van der Waals surface area contributed by atoms with Crippen LogP contribution in [-0.2, 0) is 15.9 Å². The summed E-state index contributed by atoms with van der Waals surface area (Å²) in [4.78, 5) is -0.263. The number of alkyl halides is 1. The first-order chi connectivity index (χ1) is 9.36. The van der Waals surface area contributed by atoms with E-state index in [1.807, 2.05) is 13.8 Å². The van der Waals surface area contributed by atoms with Crippen molar-refractivity contribution in [2.75, 3.05) is 6.54 Å². The second-order valence-electron chi connectivity index (χ2n) is 5.51. The number of halogens is 2.